The van der Waals surface area contributed by atoms with Gasteiger partial charge in [-0.2, -0.15) is 0 Å². The van der Waals surface area contributed by atoms with Gasteiger partial charge in [-0.15, -0.1) is 11.3 Å². The van der Waals surface area contributed by atoms with Crippen LogP contribution in [0.4, 0.5) is 5.88 Å². The van der Waals surface area contributed by atoms with Crippen molar-refractivity contribution in [3.63, 3.8) is 0 Å². The number of benzene rings is 1. The van der Waals surface area contributed by atoms with Crippen molar-refractivity contribution in [3.05, 3.63) is 74.7 Å². The highest BCUT2D eigenvalue weighted by Crippen LogP contribution is 2.49. The van der Waals surface area contributed by atoms with E-state index >= 15 is 0 Å². The molecule has 5 nitrogen and oxygen atoms in total. The van der Waals surface area contributed by atoms with Gasteiger partial charge in [-0.1, -0.05) is 23.4 Å². The topological polar surface area (TPSA) is 64.4 Å². The Morgan fingerprint density at radius 1 is 1.21 bits per heavy atom. The van der Waals surface area contributed by atoms with E-state index in [0.29, 0.717) is 12.3 Å². The largest absolute Gasteiger partial charge is 0.497 e. The fourth-order valence-corrected chi connectivity index (χ4v) is 5.17. The third-order valence-electron chi connectivity index (χ3n) is 5.67. The second-order valence-corrected chi connectivity index (χ2v) is 8.26. The number of nitrogens with one attached hydrogen (secondary N) is 1. The summed E-state index contributed by atoms with van der Waals surface area (Å²) in [5.41, 5.74) is 4.79. The Hall–Kier alpha value is -2.86. The smallest absolute Gasteiger partial charge is 0.233 e. The normalized spacial score (nSPS) is 21.1. The van der Waals surface area contributed by atoms with E-state index in [4.69, 9.17) is 9.26 Å². The zero-order valence-electron chi connectivity index (χ0n) is 15.7. The molecule has 0 saturated carbocycles. The van der Waals surface area contributed by atoms with E-state index in [1.165, 1.54) is 0 Å². The molecular weight excluding hydrogens is 372 g/mol. The molecule has 0 spiro atoms. The van der Waals surface area contributed by atoms with Gasteiger partial charge in [0.2, 0.25) is 5.88 Å². The monoisotopic (exact) mass is 392 g/mol. The molecule has 2 aromatic heterocycles. The standard InChI is InChI=1S/C22H20N2O3S/c1-12-19-21(18-4-3-9-28-18)20-16(23-22(19)27-24-12)10-14(11-17(20)25)13-5-7-15(26-2)8-6-13/h3-9,14,21,23H,10-11H2,1-2H3. The lowest BCUT2D eigenvalue weighted by atomic mass is 9.74. The van der Waals surface area contributed by atoms with Crippen molar-refractivity contribution in [1.82, 2.24) is 5.16 Å². The van der Waals surface area contributed by atoms with Gasteiger partial charge in [-0.3, -0.25) is 4.79 Å². The van der Waals surface area contributed by atoms with E-state index in [9.17, 15) is 4.79 Å². The summed E-state index contributed by atoms with van der Waals surface area (Å²) in [6.07, 6.45) is 1.28. The van der Waals surface area contributed by atoms with Crippen LogP contribution in [0.2, 0.25) is 0 Å². The highest BCUT2D eigenvalue weighted by Gasteiger charge is 2.41. The minimum absolute atomic E-state index is 0.0955. The number of anilines is 1. The van der Waals surface area contributed by atoms with Crippen LogP contribution in [-0.2, 0) is 4.79 Å². The van der Waals surface area contributed by atoms with Crippen LogP contribution >= 0.6 is 11.3 Å². The molecule has 0 bridgehead atoms. The Bertz CT molecular complexity index is 1060. The summed E-state index contributed by atoms with van der Waals surface area (Å²) in [5.74, 6) is 1.72. The predicted octanol–water partition coefficient (Wildman–Crippen LogP) is 5.01. The van der Waals surface area contributed by atoms with Crippen molar-refractivity contribution in [2.45, 2.75) is 31.6 Å². The summed E-state index contributed by atoms with van der Waals surface area (Å²) in [5, 5.41) is 9.58. The van der Waals surface area contributed by atoms with Crippen LogP contribution in [0, 0.1) is 6.92 Å². The number of fused-ring (bicyclic) bond motifs is 1. The molecule has 0 amide bonds. The number of carbonyl (C=O) groups is 1. The molecule has 6 heteroatoms. The minimum Gasteiger partial charge on any atom is -0.497 e. The van der Waals surface area contributed by atoms with Crippen LogP contribution in [0.5, 0.6) is 5.75 Å². The lowest BCUT2D eigenvalue weighted by molar-refractivity contribution is -0.116. The van der Waals surface area contributed by atoms with Crippen molar-refractivity contribution in [2.24, 2.45) is 0 Å². The predicted molar refractivity (Wildman–Crippen MR) is 108 cm³/mol. The average Bonchev–Trinajstić information content (AvgIpc) is 3.37. The van der Waals surface area contributed by atoms with Crippen LogP contribution < -0.4 is 10.1 Å². The van der Waals surface area contributed by atoms with E-state index in [1.54, 1.807) is 18.4 Å². The van der Waals surface area contributed by atoms with Gasteiger partial charge in [0.1, 0.15) is 5.75 Å². The van der Waals surface area contributed by atoms with E-state index in [0.717, 1.165) is 45.1 Å². The highest BCUT2D eigenvalue weighted by atomic mass is 32.1. The number of aryl methyl sites for hydroxylation is 1. The number of ketones is 1. The van der Waals surface area contributed by atoms with Gasteiger partial charge in [0.15, 0.2) is 5.78 Å². The maximum atomic E-state index is 13.3. The molecule has 0 radical (unpaired) electrons. The number of carbonyl (C=O) groups excluding carboxylic acids is 1. The number of ether oxygens (including phenoxy) is 1. The van der Waals surface area contributed by atoms with Crippen molar-refractivity contribution in [3.8, 4) is 5.75 Å². The molecule has 1 N–H and O–H groups in total. The lowest BCUT2D eigenvalue weighted by Gasteiger charge is -2.34. The van der Waals surface area contributed by atoms with E-state index in [2.05, 4.69) is 16.5 Å². The first-order valence-electron chi connectivity index (χ1n) is 9.32. The van der Waals surface area contributed by atoms with Crippen molar-refractivity contribution in [1.29, 1.82) is 0 Å². The molecule has 3 aromatic rings. The molecule has 1 aliphatic carbocycles. The third kappa shape index (κ3) is 2.67. The van der Waals surface area contributed by atoms with Crippen molar-refractivity contribution < 1.29 is 14.1 Å². The van der Waals surface area contributed by atoms with Gasteiger partial charge in [-0.25, -0.2) is 0 Å². The molecule has 5 rings (SSSR count). The number of aromatic nitrogens is 1. The number of hydrogen-bond acceptors (Lipinski definition) is 6. The molecule has 0 saturated heterocycles. The summed E-state index contributed by atoms with van der Waals surface area (Å²) >= 11 is 1.67. The van der Waals surface area contributed by atoms with Crippen molar-refractivity contribution >= 4 is 23.0 Å². The molecule has 142 valence electrons. The Morgan fingerprint density at radius 2 is 2.04 bits per heavy atom. The molecule has 1 aromatic carbocycles. The van der Waals surface area contributed by atoms with Crippen LogP contribution in [0.1, 0.15) is 46.4 Å². The second-order valence-electron chi connectivity index (χ2n) is 7.28. The quantitative estimate of drug-likeness (QED) is 0.679. The van der Waals surface area contributed by atoms with Crippen LogP contribution in [0.3, 0.4) is 0 Å². The number of allylic oxidation sites excluding steroid dienone is 2. The number of methoxy groups -OCH3 is 1. The minimum atomic E-state index is -0.0955. The van der Waals surface area contributed by atoms with Crippen molar-refractivity contribution in [2.75, 3.05) is 12.4 Å². The molecular formula is C22H20N2O3S. The third-order valence-corrected chi connectivity index (χ3v) is 6.61. The van der Waals surface area contributed by atoms with E-state index < -0.39 is 0 Å². The zero-order valence-corrected chi connectivity index (χ0v) is 16.5. The number of hydrogen-bond donors (Lipinski definition) is 1. The summed E-state index contributed by atoms with van der Waals surface area (Å²) in [6, 6.07) is 12.1. The summed E-state index contributed by atoms with van der Waals surface area (Å²) in [6.45, 7) is 1.93. The Labute approximate surface area is 167 Å². The van der Waals surface area contributed by atoms with Gasteiger partial charge in [0.25, 0.3) is 0 Å². The number of nitrogens with zero attached hydrogens (tertiary/aromatic N) is 1. The fourth-order valence-electron chi connectivity index (χ4n) is 4.32. The zero-order chi connectivity index (χ0) is 19.3. The molecule has 2 unspecified atom stereocenters. The first-order valence-corrected chi connectivity index (χ1v) is 10.2. The average molecular weight is 392 g/mol. The van der Waals surface area contributed by atoms with Crippen LogP contribution in [0.15, 0.2) is 57.6 Å². The Kier molecular flexibility index (Phi) is 4.09. The van der Waals surface area contributed by atoms with Crippen LogP contribution in [0.25, 0.3) is 0 Å². The summed E-state index contributed by atoms with van der Waals surface area (Å²) in [7, 11) is 1.66. The number of thiophene rings is 1. The maximum Gasteiger partial charge on any atom is 0.233 e. The van der Waals surface area contributed by atoms with E-state index in [1.807, 2.05) is 42.6 Å². The molecule has 2 aliphatic rings. The summed E-state index contributed by atoms with van der Waals surface area (Å²) < 4.78 is 10.8. The SMILES string of the molecule is COc1ccc(C2CC(=O)C3=C(C2)Nc2onc(C)c2C3c2cccs2)cc1. The molecule has 2 atom stereocenters. The first kappa shape index (κ1) is 17.3. The van der Waals surface area contributed by atoms with Gasteiger partial charge in [-0.05, 0) is 48.4 Å². The van der Waals surface area contributed by atoms with E-state index in [-0.39, 0.29) is 17.6 Å². The second kappa shape index (κ2) is 6.63. The van der Waals surface area contributed by atoms with Gasteiger partial charge in [0, 0.05) is 22.6 Å². The number of rotatable bonds is 3. The van der Waals surface area contributed by atoms with Gasteiger partial charge in [0.05, 0.1) is 24.3 Å². The Morgan fingerprint density at radius 3 is 2.75 bits per heavy atom. The summed E-state index contributed by atoms with van der Waals surface area (Å²) in [4.78, 5) is 14.5. The lowest BCUT2D eigenvalue weighted by Crippen LogP contribution is -2.29. The van der Waals surface area contributed by atoms with Gasteiger partial charge < -0.3 is 14.6 Å². The molecule has 1 aliphatic heterocycles. The van der Waals surface area contributed by atoms with Crippen LogP contribution in [-0.4, -0.2) is 18.0 Å². The first-order chi connectivity index (χ1) is 13.7. The fraction of sp³-hybridized carbons (Fsp3) is 0.273. The Balaban J connectivity index is 1.56. The highest BCUT2D eigenvalue weighted by molar-refractivity contribution is 7.10. The maximum absolute atomic E-state index is 13.3. The van der Waals surface area contributed by atoms with Gasteiger partial charge >= 0.3 is 0 Å². The molecule has 3 heterocycles. The molecule has 28 heavy (non-hydrogen) atoms. The molecule has 0 fully saturated rings. The number of Topliss-reactive ketones (excluding diaryl/α,β-unsaturated/α-hetero) is 1.